The molecule has 2 rings (SSSR count). The van der Waals surface area contributed by atoms with E-state index in [4.69, 9.17) is 16.3 Å². The molecule has 100 valence electrons. The summed E-state index contributed by atoms with van der Waals surface area (Å²) in [6, 6.07) is 8.21. The topological polar surface area (TPSA) is 9.23 Å². The first kappa shape index (κ1) is 14.4. The largest absolute Gasteiger partial charge is 0.457 e. The Hall–Kier alpha value is -1.06. The van der Waals surface area contributed by atoms with Gasteiger partial charge < -0.3 is 4.74 Å². The third kappa shape index (κ3) is 3.28. The molecule has 0 saturated carbocycles. The maximum Gasteiger partial charge on any atom is 0.132 e. The van der Waals surface area contributed by atoms with E-state index < -0.39 is 0 Å². The number of ether oxygens (including phenoxy) is 1. The molecule has 1 nitrogen and oxygen atoms in total. The fourth-order valence-electron chi connectivity index (χ4n) is 1.84. The molecule has 0 unspecified atom stereocenters. The van der Waals surface area contributed by atoms with Gasteiger partial charge in [0.1, 0.15) is 17.3 Å². The van der Waals surface area contributed by atoms with Crippen molar-refractivity contribution in [3.63, 3.8) is 0 Å². The fraction of sp³-hybridized carbons (Fsp3) is 0.200. The Balaban J connectivity index is 2.36. The zero-order valence-corrected chi connectivity index (χ0v) is 13.0. The molecule has 0 saturated heterocycles. The maximum atomic E-state index is 13.1. The van der Waals surface area contributed by atoms with Crippen LogP contribution in [0.15, 0.2) is 34.8 Å². The van der Waals surface area contributed by atoms with Crippen LogP contribution in [0.4, 0.5) is 4.39 Å². The summed E-state index contributed by atoms with van der Waals surface area (Å²) in [5, 5.41) is 0. The molecule has 0 spiro atoms. The third-order valence-electron chi connectivity index (χ3n) is 2.80. The monoisotopic (exact) mass is 342 g/mol. The molecule has 0 heterocycles. The van der Waals surface area contributed by atoms with Crippen LogP contribution in [0.25, 0.3) is 0 Å². The molecule has 0 aliphatic carbocycles. The predicted molar refractivity (Wildman–Crippen MR) is 79.6 cm³/mol. The highest BCUT2D eigenvalue weighted by Crippen LogP contribution is 2.31. The number of aryl methyl sites for hydroxylation is 2. The van der Waals surface area contributed by atoms with Gasteiger partial charge in [0.15, 0.2) is 0 Å². The van der Waals surface area contributed by atoms with E-state index in [1.165, 1.54) is 12.1 Å². The Kier molecular flexibility index (Phi) is 4.48. The third-order valence-corrected chi connectivity index (χ3v) is 4.34. The normalized spacial score (nSPS) is 10.6. The van der Waals surface area contributed by atoms with Crippen LogP contribution in [0, 0.1) is 19.7 Å². The van der Waals surface area contributed by atoms with Crippen LogP contribution in [-0.2, 0) is 5.88 Å². The van der Waals surface area contributed by atoms with Crippen LogP contribution in [-0.4, -0.2) is 0 Å². The lowest BCUT2D eigenvalue weighted by atomic mass is 10.1. The number of rotatable bonds is 3. The van der Waals surface area contributed by atoms with E-state index in [2.05, 4.69) is 15.9 Å². The lowest BCUT2D eigenvalue weighted by molar-refractivity contribution is 0.475. The van der Waals surface area contributed by atoms with Crippen molar-refractivity contribution < 1.29 is 9.13 Å². The van der Waals surface area contributed by atoms with Gasteiger partial charge in [-0.2, -0.15) is 0 Å². The molecule has 0 aliphatic rings. The SMILES string of the molecule is Cc1cc(Oc2ccc(F)cc2CCl)cc(C)c1Br. The zero-order chi connectivity index (χ0) is 14.0. The van der Waals surface area contributed by atoms with Gasteiger partial charge >= 0.3 is 0 Å². The fourth-order valence-corrected chi connectivity index (χ4v) is 2.28. The van der Waals surface area contributed by atoms with Gasteiger partial charge in [-0.05, 0) is 55.3 Å². The number of alkyl halides is 1. The average molecular weight is 344 g/mol. The van der Waals surface area contributed by atoms with Crippen LogP contribution in [0.2, 0.25) is 0 Å². The minimum atomic E-state index is -0.314. The van der Waals surface area contributed by atoms with E-state index in [-0.39, 0.29) is 11.7 Å². The van der Waals surface area contributed by atoms with E-state index >= 15 is 0 Å². The van der Waals surface area contributed by atoms with Gasteiger partial charge in [-0.3, -0.25) is 0 Å². The van der Waals surface area contributed by atoms with Crippen LogP contribution in [0.1, 0.15) is 16.7 Å². The van der Waals surface area contributed by atoms with Crippen LogP contribution >= 0.6 is 27.5 Å². The van der Waals surface area contributed by atoms with Crippen molar-refractivity contribution in [1.29, 1.82) is 0 Å². The van der Waals surface area contributed by atoms with Crippen molar-refractivity contribution in [2.45, 2.75) is 19.7 Å². The molecular weight excluding hydrogens is 331 g/mol. The van der Waals surface area contributed by atoms with Crippen molar-refractivity contribution in [3.8, 4) is 11.5 Å². The van der Waals surface area contributed by atoms with Gasteiger partial charge in [-0.1, -0.05) is 15.9 Å². The summed E-state index contributed by atoms with van der Waals surface area (Å²) >= 11 is 9.31. The summed E-state index contributed by atoms with van der Waals surface area (Å²) in [7, 11) is 0. The number of halogens is 3. The Bertz CT molecular complexity index is 590. The minimum Gasteiger partial charge on any atom is -0.457 e. The molecule has 0 amide bonds. The van der Waals surface area contributed by atoms with Crippen molar-refractivity contribution in [2.75, 3.05) is 0 Å². The number of hydrogen-bond donors (Lipinski definition) is 0. The van der Waals surface area contributed by atoms with Gasteiger partial charge in [0.25, 0.3) is 0 Å². The molecule has 2 aromatic rings. The Morgan fingerprint density at radius 2 is 1.79 bits per heavy atom. The molecule has 0 aliphatic heterocycles. The summed E-state index contributed by atoms with van der Waals surface area (Å²) in [5.74, 6) is 1.20. The molecule has 19 heavy (non-hydrogen) atoms. The second-order valence-corrected chi connectivity index (χ2v) is 5.42. The summed E-state index contributed by atoms with van der Waals surface area (Å²) in [6.45, 7) is 3.99. The van der Waals surface area contributed by atoms with Crippen LogP contribution < -0.4 is 4.74 Å². The number of benzene rings is 2. The molecule has 2 aromatic carbocycles. The standard InChI is InChI=1S/C15H13BrClFO/c1-9-5-13(6-10(2)15(9)16)19-14-4-3-12(18)7-11(14)8-17/h3-7H,8H2,1-2H3. The van der Waals surface area contributed by atoms with Gasteiger partial charge in [0.05, 0.1) is 5.88 Å². The Morgan fingerprint density at radius 1 is 1.16 bits per heavy atom. The molecule has 0 bridgehead atoms. The van der Waals surface area contributed by atoms with E-state index in [1.54, 1.807) is 6.07 Å². The van der Waals surface area contributed by atoms with Crippen molar-refractivity contribution >= 4 is 27.5 Å². The van der Waals surface area contributed by atoms with E-state index in [9.17, 15) is 4.39 Å². The average Bonchev–Trinajstić information content (AvgIpc) is 2.38. The number of hydrogen-bond acceptors (Lipinski definition) is 1. The first-order chi connectivity index (χ1) is 9.01. The highest BCUT2D eigenvalue weighted by molar-refractivity contribution is 9.10. The Morgan fingerprint density at radius 3 is 2.37 bits per heavy atom. The smallest absolute Gasteiger partial charge is 0.132 e. The second kappa shape index (κ2) is 5.93. The lowest BCUT2D eigenvalue weighted by Gasteiger charge is -2.12. The molecule has 0 aromatic heterocycles. The molecule has 4 heteroatoms. The molecule has 0 N–H and O–H groups in total. The van der Waals surface area contributed by atoms with Crippen LogP contribution in [0.5, 0.6) is 11.5 Å². The van der Waals surface area contributed by atoms with Gasteiger partial charge in [-0.15, -0.1) is 11.6 Å². The Labute approximate surface area is 125 Å². The predicted octanol–water partition coefficient (Wildman–Crippen LogP) is 5.74. The second-order valence-electron chi connectivity index (χ2n) is 4.36. The van der Waals surface area contributed by atoms with Crippen molar-refractivity contribution in [1.82, 2.24) is 0 Å². The van der Waals surface area contributed by atoms with Crippen molar-refractivity contribution in [2.24, 2.45) is 0 Å². The first-order valence-electron chi connectivity index (χ1n) is 5.80. The summed E-state index contributed by atoms with van der Waals surface area (Å²) in [6.07, 6.45) is 0. The maximum absolute atomic E-state index is 13.1. The highest BCUT2D eigenvalue weighted by atomic mass is 79.9. The van der Waals surface area contributed by atoms with Gasteiger partial charge in [-0.25, -0.2) is 4.39 Å². The molecular formula is C15H13BrClFO. The van der Waals surface area contributed by atoms with Crippen LogP contribution in [0.3, 0.4) is 0 Å². The van der Waals surface area contributed by atoms with E-state index in [0.717, 1.165) is 21.3 Å². The molecule has 0 atom stereocenters. The summed E-state index contributed by atoms with van der Waals surface area (Å²) < 4.78 is 20.0. The lowest BCUT2D eigenvalue weighted by Crippen LogP contribution is -1.92. The van der Waals surface area contributed by atoms with Crippen molar-refractivity contribution in [3.05, 3.63) is 57.3 Å². The highest BCUT2D eigenvalue weighted by Gasteiger charge is 2.08. The summed E-state index contributed by atoms with van der Waals surface area (Å²) in [4.78, 5) is 0. The van der Waals surface area contributed by atoms with E-state index in [0.29, 0.717) is 11.3 Å². The molecule has 0 fully saturated rings. The molecule has 0 radical (unpaired) electrons. The van der Waals surface area contributed by atoms with Gasteiger partial charge in [0, 0.05) is 10.0 Å². The zero-order valence-electron chi connectivity index (χ0n) is 10.6. The van der Waals surface area contributed by atoms with Gasteiger partial charge in [0.2, 0.25) is 0 Å². The summed E-state index contributed by atoms with van der Waals surface area (Å²) in [5.41, 5.74) is 2.81. The quantitative estimate of drug-likeness (QED) is 0.646. The minimum absolute atomic E-state index is 0.210. The van der Waals surface area contributed by atoms with E-state index in [1.807, 2.05) is 26.0 Å². The first-order valence-corrected chi connectivity index (χ1v) is 7.13.